The van der Waals surface area contributed by atoms with E-state index in [9.17, 15) is 21.6 Å². The van der Waals surface area contributed by atoms with Crippen molar-refractivity contribution in [2.24, 2.45) is 0 Å². The summed E-state index contributed by atoms with van der Waals surface area (Å²) >= 11 is 6.08. The predicted octanol–water partition coefficient (Wildman–Crippen LogP) is 1.63. The van der Waals surface area contributed by atoms with Gasteiger partial charge in [-0.15, -0.1) is 0 Å². The first-order valence-electron chi connectivity index (χ1n) is 8.16. The fraction of sp³-hybridized carbons (Fsp3) is 0.533. The number of hydrogen-bond donors (Lipinski definition) is 1. The zero-order valence-electron chi connectivity index (χ0n) is 14.6. The van der Waals surface area contributed by atoms with E-state index in [-0.39, 0.29) is 40.2 Å². The Labute approximate surface area is 159 Å². The van der Waals surface area contributed by atoms with Crippen LogP contribution in [-0.2, 0) is 19.9 Å². The van der Waals surface area contributed by atoms with Gasteiger partial charge in [0, 0.05) is 26.2 Å². The maximum Gasteiger partial charge on any atom is 0.321 e. The fourth-order valence-electron chi connectivity index (χ4n) is 2.58. The molecule has 1 aliphatic rings. The third kappa shape index (κ3) is 4.67. The van der Waals surface area contributed by atoms with Gasteiger partial charge in [0.15, 0.2) is 9.84 Å². The van der Waals surface area contributed by atoms with Gasteiger partial charge in [0.2, 0.25) is 10.0 Å². The number of sulfone groups is 1. The van der Waals surface area contributed by atoms with E-state index in [0.717, 1.165) is 0 Å². The summed E-state index contributed by atoms with van der Waals surface area (Å²) in [5.74, 6) is -0.185. The van der Waals surface area contributed by atoms with Crippen LogP contribution in [0.15, 0.2) is 23.1 Å². The van der Waals surface area contributed by atoms with E-state index in [1.807, 2.05) is 0 Å². The highest BCUT2D eigenvalue weighted by Crippen LogP contribution is 2.27. The molecule has 146 valence electrons. The summed E-state index contributed by atoms with van der Waals surface area (Å²) in [6.45, 7) is 4.30. The molecule has 0 atom stereocenters. The first-order chi connectivity index (χ1) is 12.1. The summed E-state index contributed by atoms with van der Waals surface area (Å²) in [6, 6.07) is 3.60. The van der Waals surface area contributed by atoms with E-state index in [1.54, 1.807) is 13.8 Å². The number of anilines is 1. The number of rotatable bonds is 5. The minimum atomic E-state index is -3.69. The molecule has 1 aromatic rings. The predicted molar refractivity (Wildman–Crippen MR) is 101 cm³/mol. The van der Waals surface area contributed by atoms with Crippen molar-refractivity contribution < 1.29 is 21.6 Å². The molecule has 1 fully saturated rings. The molecule has 0 bridgehead atoms. The van der Waals surface area contributed by atoms with Gasteiger partial charge in [0.1, 0.15) is 0 Å². The van der Waals surface area contributed by atoms with Gasteiger partial charge in [-0.3, -0.25) is 0 Å². The summed E-state index contributed by atoms with van der Waals surface area (Å²) in [5.41, 5.74) is 0.165. The van der Waals surface area contributed by atoms with E-state index in [0.29, 0.717) is 13.1 Å². The largest absolute Gasteiger partial charge is 0.322 e. The van der Waals surface area contributed by atoms with Crippen molar-refractivity contribution in [2.45, 2.75) is 18.7 Å². The van der Waals surface area contributed by atoms with Crippen molar-refractivity contribution in [3.63, 3.8) is 0 Å². The van der Waals surface area contributed by atoms with Gasteiger partial charge < -0.3 is 10.2 Å². The molecule has 1 aliphatic heterocycles. The summed E-state index contributed by atoms with van der Waals surface area (Å²) in [5, 5.41) is 2.77. The second-order valence-corrected chi connectivity index (χ2v) is 10.4. The molecule has 26 heavy (non-hydrogen) atoms. The van der Waals surface area contributed by atoms with Crippen LogP contribution >= 0.6 is 11.6 Å². The van der Waals surface area contributed by atoms with Gasteiger partial charge in [-0.25, -0.2) is 21.6 Å². The molecule has 0 spiro atoms. The number of urea groups is 1. The second kappa shape index (κ2) is 8.12. The third-order valence-corrected chi connectivity index (χ3v) is 8.14. The SMILES string of the molecule is CCN(CC)S(=O)(=O)c1ccc(Cl)c(NC(=O)N2CCS(=O)(=O)CC2)c1. The summed E-state index contributed by atoms with van der Waals surface area (Å²) in [7, 11) is -6.79. The fourth-order valence-corrected chi connectivity index (χ4v) is 5.43. The monoisotopic (exact) mass is 423 g/mol. The normalized spacial score (nSPS) is 17.3. The number of halogens is 1. The number of carbonyl (C=O) groups excluding carboxylic acids is 1. The van der Waals surface area contributed by atoms with Crippen LogP contribution in [0, 0.1) is 0 Å². The molecule has 0 aliphatic carbocycles. The molecule has 1 N–H and O–H groups in total. The maximum absolute atomic E-state index is 12.6. The van der Waals surface area contributed by atoms with Gasteiger partial charge in [-0.05, 0) is 18.2 Å². The van der Waals surface area contributed by atoms with E-state index in [4.69, 9.17) is 11.6 Å². The molecule has 1 heterocycles. The zero-order chi connectivity index (χ0) is 19.5. The first kappa shape index (κ1) is 20.9. The molecular weight excluding hydrogens is 402 g/mol. The molecule has 0 unspecified atom stereocenters. The Balaban J connectivity index is 2.21. The van der Waals surface area contributed by atoms with Crippen LogP contribution in [0.3, 0.4) is 0 Å². The number of benzene rings is 1. The number of sulfonamides is 1. The van der Waals surface area contributed by atoms with Crippen molar-refractivity contribution in [3.8, 4) is 0 Å². The van der Waals surface area contributed by atoms with Gasteiger partial charge in [0.25, 0.3) is 0 Å². The van der Waals surface area contributed by atoms with Crippen LogP contribution in [0.2, 0.25) is 5.02 Å². The summed E-state index contributed by atoms with van der Waals surface area (Å²) in [4.78, 5) is 13.7. The van der Waals surface area contributed by atoms with Crippen molar-refractivity contribution in [1.82, 2.24) is 9.21 Å². The lowest BCUT2D eigenvalue weighted by Crippen LogP contribution is -2.45. The lowest BCUT2D eigenvalue weighted by Gasteiger charge is -2.27. The lowest BCUT2D eigenvalue weighted by atomic mass is 10.3. The standard InChI is InChI=1S/C15H22ClN3O5S2/c1-3-19(4-2)26(23,24)12-5-6-13(16)14(11-12)17-15(20)18-7-9-25(21,22)10-8-18/h5-6,11H,3-4,7-10H2,1-2H3,(H,17,20). The van der Waals surface area contributed by atoms with Gasteiger partial charge in [0.05, 0.1) is 27.1 Å². The number of nitrogens with zero attached hydrogens (tertiary/aromatic N) is 2. The molecule has 2 rings (SSSR count). The Morgan fingerprint density at radius 2 is 1.81 bits per heavy atom. The molecule has 0 aromatic heterocycles. The van der Waals surface area contributed by atoms with E-state index >= 15 is 0 Å². The smallest absolute Gasteiger partial charge is 0.321 e. The van der Waals surface area contributed by atoms with Crippen molar-refractivity contribution in [3.05, 3.63) is 23.2 Å². The highest BCUT2D eigenvalue weighted by molar-refractivity contribution is 7.91. The topological polar surface area (TPSA) is 104 Å². The molecule has 0 radical (unpaired) electrons. The van der Waals surface area contributed by atoms with Crippen LogP contribution in [0.4, 0.5) is 10.5 Å². The molecule has 2 amide bonds. The Hall–Kier alpha value is -1.36. The Morgan fingerprint density at radius 3 is 2.35 bits per heavy atom. The highest BCUT2D eigenvalue weighted by atomic mass is 35.5. The average molecular weight is 424 g/mol. The molecule has 0 saturated carbocycles. The zero-order valence-corrected chi connectivity index (χ0v) is 17.0. The van der Waals surface area contributed by atoms with Crippen molar-refractivity contribution in [2.75, 3.05) is 43.0 Å². The van der Waals surface area contributed by atoms with Crippen molar-refractivity contribution >= 4 is 43.2 Å². The molecule has 8 nitrogen and oxygen atoms in total. The number of nitrogens with one attached hydrogen (secondary N) is 1. The van der Waals surface area contributed by atoms with Gasteiger partial charge in [-0.1, -0.05) is 25.4 Å². The van der Waals surface area contributed by atoms with Gasteiger partial charge >= 0.3 is 6.03 Å². The van der Waals surface area contributed by atoms with E-state index < -0.39 is 25.9 Å². The second-order valence-electron chi connectivity index (χ2n) is 5.80. The van der Waals surface area contributed by atoms with E-state index in [1.165, 1.54) is 27.4 Å². The maximum atomic E-state index is 12.6. The molecular formula is C15H22ClN3O5S2. The Bertz CT molecular complexity index is 869. The molecule has 1 aromatic carbocycles. The Morgan fingerprint density at radius 1 is 1.23 bits per heavy atom. The van der Waals surface area contributed by atoms with Crippen molar-refractivity contribution in [1.29, 1.82) is 0 Å². The lowest BCUT2D eigenvalue weighted by molar-refractivity contribution is 0.216. The highest BCUT2D eigenvalue weighted by Gasteiger charge is 2.26. The van der Waals surface area contributed by atoms with E-state index in [2.05, 4.69) is 5.32 Å². The molecule has 1 saturated heterocycles. The van der Waals surface area contributed by atoms with Crippen LogP contribution in [-0.4, -0.2) is 69.8 Å². The van der Waals surface area contributed by atoms with Gasteiger partial charge in [-0.2, -0.15) is 4.31 Å². The minimum absolute atomic E-state index is 0.0297. The van der Waals surface area contributed by atoms with Crippen LogP contribution in [0.5, 0.6) is 0 Å². The average Bonchev–Trinajstić information content (AvgIpc) is 2.57. The van der Waals surface area contributed by atoms with Crippen LogP contribution in [0.25, 0.3) is 0 Å². The Kier molecular flexibility index (Phi) is 6.54. The van der Waals surface area contributed by atoms with Crippen LogP contribution in [0.1, 0.15) is 13.8 Å². The summed E-state index contributed by atoms with van der Waals surface area (Å²) < 4.78 is 49.4. The van der Waals surface area contributed by atoms with Crippen LogP contribution < -0.4 is 5.32 Å². The third-order valence-electron chi connectivity index (χ3n) is 4.15. The number of carbonyl (C=O) groups is 1. The number of amides is 2. The number of hydrogen-bond acceptors (Lipinski definition) is 5. The quantitative estimate of drug-likeness (QED) is 0.775. The molecule has 11 heteroatoms. The first-order valence-corrected chi connectivity index (χ1v) is 11.8. The minimum Gasteiger partial charge on any atom is -0.322 e. The summed E-state index contributed by atoms with van der Waals surface area (Å²) in [6.07, 6.45) is 0.